The number of nitrogens with one attached hydrogen (secondary N) is 1. The van der Waals surface area contributed by atoms with Crippen molar-refractivity contribution in [2.45, 2.75) is 38.9 Å². The van der Waals surface area contributed by atoms with Gasteiger partial charge in [-0.2, -0.15) is 13.2 Å². The minimum atomic E-state index is -4.25. The van der Waals surface area contributed by atoms with Gasteiger partial charge in [-0.15, -0.1) is 6.58 Å². The van der Waals surface area contributed by atoms with Crippen LogP contribution in [0.4, 0.5) is 13.2 Å². The largest absolute Gasteiger partial charge is 0.411 e. The molecular formula is C11H20F3NO. The van der Waals surface area contributed by atoms with Crippen molar-refractivity contribution in [2.75, 3.05) is 19.8 Å². The molecule has 2 nitrogen and oxygen atoms in total. The second-order valence-corrected chi connectivity index (χ2v) is 3.94. The van der Waals surface area contributed by atoms with Gasteiger partial charge in [0.2, 0.25) is 0 Å². The van der Waals surface area contributed by atoms with Crippen LogP contribution in [0, 0.1) is 0 Å². The molecule has 0 saturated carbocycles. The van der Waals surface area contributed by atoms with Gasteiger partial charge in [0.05, 0.1) is 6.61 Å². The predicted molar refractivity (Wildman–Crippen MR) is 58.4 cm³/mol. The van der Waals surface area contributed by atoms with Crippen molar-refractivity contribution in [3.63, 3.8) is 0 Å². The molecule has 0 rings (SSSR count). The van der Waals surface area contributed by atoms with Crippen LogP contribution in [0.15, 0.2) is 12.2 Å². The number of alkyl halides is 3. The molecule has 96 valence electrons. The van der Waals surface area contributed by atoms with Crippen molar-refractivity contribution in [1.82, 2.24) is 5.32 Å². The van der Waals surface area contributed by atoms with Gasteiger partial charge in [-0.05, 0) is 26.3 Å². The Hall–Kier alpha value is -0.550. The summed E-state index contributed by atoms with van der Waals surface area (Å²) in [6.07, 6.45) is -2.68. The molecule has 0 aromatic carbocycles. The van der Waals surface area contributed by atoms with E-state index in [4.69, 9.17) is 0 Å². The van der Waals surface area contributed by atoms with Crippen LogP contribution >= 0.6 is 0 Å². The molecule has 0 aliphatic carbocycles. The normalized spacial score (nSPS) is 13.8. The van der Waals surface area contributed by atoms with E-state index in [2.05, 4.69) is 16.6 Å². The van der Waals surface area contributed by atoms with Crippen molar-refractivity contribution in [2.24, 2.45) is 0 Å². The number of hydrogen-bond acceptors (Lipinski definition) is 2. The molecule has 0 saturated heterocycles. The highest BCUT2D eigenvalue weighted by Crippen LogP contribution is 2.15. The number of halogens is 3. The van der Waals surface area contributed by atoms with Crippen LogP contribution in [-0.2, 0) is 4.74 Å². The molecule has 0 aromatic heterocycles. The lowest BCUT2D eigenvalue weighted by Crippen LogP contribution is -2.35. The molecule has 1 N–H and O–H groups in total. The van der Waals surface area contributed by atoms with Crippen LogP contribution in [0.3, 0.4) is 0 Å². The number of hydrogen-bond donors (Lipinski definition) is 1. The van der Waals surface area contributed by atoms with E-state index in [1.54, 1.807) is 0 Å². The lowest BCUT2D eigenvalue weighted by Gasteiger charge is -2.19. The minimum Gasteiger partial charge on any atom is -0.370 e. The first-order valence-corrected chi connectivity index (χ1v) is 5.37. The minimum absolute atomic E-state index is 0.0619. The van der Waals surface area contributed by atoms with Gasteiger partial charge in [0, 0.05) is 6.04 Å². The van der Waals surface area contributed by atoms with Gasteiger partial charge in [0.1, 0.15) is 6.61 Å². The van der Waals surface area contributed by atoms with Crippen LogP contribution in [0.25, 0.3) is 0 Å². The van der Waals surface area contributed by atoms with Gasteiger partial charge in [-0.1, -0.05) is 12.5 Å². The van der Waals surface area contributed by atoms with E-state index in [0.29, 0.717) is 6.42 Å². The van der Waals surface area contributed by atoms with Crippen molar-refractivity contribution in [3.05, 3.63) is 12.2 Å². The summed E-state index contributed by atoms with van der Waals surface area (Å²) in [6.45, 7) is 7.24. The Morgan fingerprint density at radius 1 is 1.44 bits per heavy atom. The number of rotatable bonds is 8. The van der Waals surface area contributed by atoms with Crippen molar-refractivity contribution < 1.29 is 17.9 Å². The van der Waals surface area contributed by atoms with E-state index in [1.165, 1.54) is 0 Å². The Balaban J connectivity index is 3.86. The van der Waals surface area contributed by atoms with E-state index in [1.807, 2.05) is 13.8 Å². The van der Waals surface area contributed by atoms with Crippen LogP contribution in [0.5, 0.6) is 0 Å². The average molecular weight is 239 g/mol. The zero-order chi connectivity index (χ0) is 12.6. The third-order valence-electron chi connectivity index (χ3n) is 1.86. The molecule has 0 heterocycles. The summed E-state index contributed by atoms with van der Waals surface area (Å²) in [5.41, 5.74) is 0.934. The Morgan fingerprint density at radius 3 is 2.50 bits per heavy atom. The highest BCUT2D eigenvalue weighted by atomic mass is 19.4. The molecule has 0 spiro atoms. The maximum absolute atomic E-state index is 11.9. The van der Waals surface area contributed by atoms with E-state index in [9.17, 15) is 13.2 Å². The Labute approximate surface area is 94.9 Å². The van der Waals surface area contributed by atoms with E-state index in [0.717, 1.165) is 18.5 Å². The first kappa shape index (κ1) is 15.4. The summed E-state index contributed by atoms with van der Waals surface area (Å²) in [5, 5.41) is 3.13. The molecule has 0 aromatic rings. The van der Waals surface area contributed by atoms with Crippen LogP contribution in [-0.4, -0.2) is 32.0 Å². The van der Waals surface area contributed by atoms with Gasteiger partial charge < -0.3 is 10.1 Å². The van der Waals surface area contributed by atoms with E-state index >= 15 is 0 Å². The maximum atomic E-state index is 11.9. The summed E-state index contributed by atoms with van der Waals surface area (Å²) in [4.78, 5) is 0. The van der Waals surface area contributed by atoms with Crippen molar-refractivity contribution in [1.29, 1.82) is 0 Å². The average Bonchev–Trinajstić information content (AvgIpc) is 2.11. The molecule has 1 unspecified atom stereocenters. The number of ether oxygens (including phenoxy) is 1. The summed E-state index contributed by atoms with van der Waals surface area (Å²) < 4.78 is 40.2. The van der Waals surface area contributed by atoms with Gasteiger partial charge in [-0.3, -0.25) is 0 Å². The Bertz CT molecular complexity index is 204. The van der Waals surface area contributed by atoms with Crippen molar-refractivity contribution >= 4 is 0 Å². The van der Waals surface area contributed by atoms with Crippen LogP contribution in [0.2, 0.25) is 0 Å². The van der Waals surface area contributed by atoms with Crippen LogP contribution < -0.4 is 5.32 Å². The van der Waals surface area contributed by atoms with Gasteiger partial charge >= 0.3 is 6.18 Å². The molecule has 0 aliphatic heterocycles. The molecular weight excluding hydrogens is 219 g/mol. The summed E-state index contributed by atoms with van der Waals surface area (Å²) in [7, 11) is 0. The molecule has 0 radical (unpaired) electrons. The van der Waals surface area contributed by atoms with E-state index in [-0.39, 0.29) is 12.6 Å². The molecule has 0 fully saturated rings. The smallest absolute Gasteiger partial charge is 0.370 e. The van der Waals surface area contributed by atoms with Gasteiger partial charge in [0.25, 0.3) is 0 Å². The lowest BCUT2D eigenvalue weighted by atomic mass is 10.1. The van der Waals surface area contributed by atoms with Crippen LogP contribution in [0.1, 0.15) is 26.7 Å². The quantitative estimate of drug-likeness (QED) is 0.658. The third kappa shape index (κ3) is 9.98. The lowest BCUT2D eigenvalue weighted by molar-refractivity contribution is -0.175. The zero-order valence-electron chi connectivity index (χ0n) is 9.86. The first-order chi connectivity index (χ1) is 7.35. The molecule has 1 atom stereocenters. The standard InChI is InChI=1S/C11H20F3NO/c1-4-5-15-10(6-9(2)3)7-16-8-11(12,13)14/h10,15H,2,4-8H2,1,3H3. The molecule has 0 amide bonds. The first-order valence-electron chi connectivity index (χ1n) is 5.37. The molecule has 5 heteroatoms. The van der Waals surface area contributed by atoms with Crippen molar-refractivity contribution in [3.8, 4) is 0 Å². The van der Waals surface area contributed by atoms with Gasteiger partial charge in [0.15, 0.2) is 0 Å². The highest BCUT2D eigenvalue weighted by Gasteiger charge is 2.27. The highest BCUT2D eigenvalue weighted by molar-refractivity contribution is 4.92. The third-order valence-corrected chi connectivity index (χ3v) is 1.86. The fourth-order valence-electron chi connectivity index (χ4n) is 1.28. The topological polar surface area (TPSA) is 21.3 Å². The summed E-state index contributed by atoms with van der Waals surface area (Å²) >= 11 is 0. The Morgan fingerprint density at radius 2 is 2.06 bits per heavy atom. The second-order valence-electron chi connectivity index (χ2n) is 3.94. The zero-order valence-corrected chi connectivity index (χ0v) is 9.86. The molecule has 0 bridgehead atoms. The molecule has 16 heavy (non-hydrogen) atoms. The van der Waals surface area contributed by atoms with E-state index < -0.39 is 12.8 Å². The molecule has 0 aliphatic rings. The maximum Gasteiger partial charge on any atom is 0.411 e. The fraction of sp³-hybridized carbons (Fsp3) is 0.818. The monoisotopic (exact) mass is 239 g/mol. The SMILES string of the molecule is C=C(C)CC(COCC(F)(F)F)NCCC. The summed E-state index contributed by atoms with van der Waals surface area (Å²) in [5.74, 6) is 0. The van der Waals surface area contributed by atoms with Gasteiger partial charge in [-0.25, -0.2) is 0 Å². The predicted octanol–water partition coefficient (Wildman–Crippen LogP) is 2.90. The second kappa shape index (κ2) is 7.68. The summed E-state index contributed by atoms with van der Waals surface area (Å²) in [6, 6.07) is -0.0835. The fourth-order valence-corrected chi connectivity index (χ4v) is 1.28. The Kier molecular flexibility index (Phi) is 7.42.